The summed E-state index contributed by atoms with van der Waals surface area (Å²) in [6.07, 6.45) is 5.57. The Morgan fingerprint density at radius 3 is 2.70 bits per heavy atom. The molecule has 0 amide bonds. The molecular weight excluding hydrogens is 270 g/mol. The van der Waals surface area contributed by atoms with Gasteiger partial charge in [0.15, 0.2) is 0 Å². The fourth-order valence-electron chi connectivity index (χ4n) is 2.83. The average molecular weight is 288 g/mol. The largest absolute Gasteiger partial charge is 0.271 e. The normalized spacial score (nSPS) is 16.7. The number of hydrogen-bond donors (Lipinski definition) is 2. The van der Waals surface area contributed by atoms with Gasteiger partial charge in [0.05, 0.1) is 6.04 Å². The van der Waals surface area contributed by atoms with Gasteiger partial charge in [0, 0.05) is 6.20 Å². The van der Waals surface area contributed by atoms with Gasteiger partial charge < -0.3 is 0 Å². The molecule has 1 aliphatic rings. The molecule has 0 aliphatic heterocycles. The van der Waals surface area contributed by atoms with Crippen LogP contribution in [0.3, 0.4) is 0 Å². The Balaban J connectivity index is 2.01. The minimum absolute atomic E-state index is 0.0488. The summed E-state index contributed by atoms with van der Waals surface area (Å²) in [5.74, 6) is 6.47. The molecule has 3 N–H and O–H groups in total. The molecule has 3 nitrogen and oxygen atoms in total. The Morgan fingerprint density at radius 2 is 2.05 bits per heavy atom. The zero-order valence-corrected chi connectivity index (χ0v) is 12.0. The molecule has 1 aliphatic carbocycles. The fraction of sp³-hybridized carbons (Fsp3) is 0.312. The van der Waals surface area contributed by atoms with E-state index in [2.05, 4.69) is 34.7 Å². The van der Waals surface area contributed by atoms with E-state index in [1.54, 1.807) is 6.20 Å². The van der Waals surface area contributed by atoms with E-state index in [0.717, 1.165) is 5.56 Å². The van der Waals surface area contributed by atoms with E-state index in [-0.39, 0.29) is 6.04 Å². The lowest BCUT2D eigenvalue weighted by Crippen LogP contribution is -2.30. The van der Waals surface area contributed by atoms with E-state index in [1.807, 2.05) is 12.1 Å². The maximum atomic E-state index is 5.99. The predicted octanol–water partition coefficient (Wildman–Crippen LogP) is 3.56. The van der Waals surface area contributed by atoms with Crippen molar-refractivity contribution in [3.05, 3.63) is 64.4 Å². The highest BCUT2D eigenvalue weighted by atomic mass is 35.5. The highest BCUT2D eigenvalue weighted by molar-refractivity contribution is 6.29. The summed E-state index contributed by atoms with van der Waals surface area (Å²) in [6, 6.07) is 12.3. The summed E-state index contributed by atoms with van der Waals surface area (Å²) in [5, 5.41) is 0.490. The van der Waals surface area contributed by atoms with E-state index in [0.29, 0.717) is 11.1 Å². The van der Waals surface area contributed by atoms with Gasteiger partial charge >= 0.3 is 0 Å². The summed E-state index contributed by atoms with van der Waals surface area (Å²) < 4.78 is 0. The fourth-order valence-corrected chi connectivity index (χ4v) is 3.01. The molecule has 4 heteroatoms. The predicted molar refractivity (Wildman–Crippen MR) is 81.4 cm³/mol. The standard InChI is InChI=1S/C16H18ClN3/c17-15-10-12(8-9-19-15)16(20-18)14-7-2-1-6-13(14)11-4-3-5-11/h1-2,6-11,16,20H,3-5,18H2. The highest BCUT2D eigenvalue weighted by Gasteiger charge is 2.25. The number of rotatable bonds is 4. The van der Waals surface area contributed by atoms with Crippen LogP contribution >= 0.6 is 11.6 Å². The lowest BCUT2D eigenvalue weighted by molar-refractivity contribution is 0.414. The van der Waals surface area contributed by atoms with Crippen LogP contribution < -0.4 is 11.3 Å². The number of aromatic nitrogens is 1. The quantitative estimate of drug-likeness (QED) is 0.514. The second-order valence-electron chi connectivity index (χ2n) is 5.27. The SMILES string of the molecule is NNC(c1ccnc(Cl)c1)c1ccccc1C1CCC1. The van der Waals surface area contributed by atoms with Crippen molar-refractivity contribution in [3.63, 3.8) is 0 Å². The Bertz CT molecular complexity index is 596. The molecule has 0 saturated heterocycles. The van der Waals surface area contributed by atoms with Crippen LogP contribution in [0.5, 0.6) is 0 Å². The van der Waals surface area contributed by atoms with Crippen LogP contribution in [0.15, 0.2) is 42.6 Å². The molecule has 2 aromatic rings. The first kappa shape index (κ1) is 13.6. The van der Waals surface area contributed by atoms with Gasteiger partial charge in [-0.2, -0.15) is 0 Å². The monoisotopic (exact) mass is 287 g/mol. The van der Waals surface area contributed by atoms with Crippen molar-refractivity contribution in [1.29, 1.82) is 0 Å². The smallest absolute Gasteiger partial charge is 0.129 e. The summed E-state index contributed by atoms with van der Waals surface area (Å²) >= 11 is 5.99. The molecule has 0 spiro atoms. The number of hydrazine groups is 1. The third kappa shape index (κ3) is 2.57. The van der Waals surface area contributed by atoms with Gasteiger partial charge in [-0.05, 0) is 47.6 Å². The Morgan fingerprint density at radius 1 is 1.25 bits per heavy atom. The number of pyridine rings is 1. The second-order valence-corrected chi connectivity index (χ2v) is 5.66. The number of nitrogens with two attached hydrogens (primary N) is 1. The molecule has 1 atom stereocenters. The lowest BCUT2D eigenvalue weighted by atomic mass is 9.76. The molecule has 1 aromatic carbocycles. The van der Waals surface area contributed by atoms with Crippen molar-refractivity contribution in [3.8, 4) is 0 Å². The second kappa shape index (κ2) is 5.92. The zero-order chi connectivity index (χ0) is 13.9. The van der Waals surface area contributed by atoms with Gasteiger partial charge in [-0.3, -0.25) is 5.84 Å². The Hall–Kier alpha value is -1.42. The van der Waals surface area contributed by atoms with Crippen LogP contribution in [0.1, 0.15) is 47.9 Å². The number of halogens is 1. The van der Waals surface area contributed by atoms with Crippen molar-refractivity contribution in [2.24, 2.45) is 5.84 Å². The van der Waals surface area contributed by atoms with Gasteiger partial charge in [0.1, 0.15) is 5.15 Å². The number of benzene rings is 1. The van der Waals surface area contributed by atoms with Crippen LogP contribution in [0.4, 0.5) is 0 Å². The van der Waals surface area contributed by atoms with E-state index < -0.39 is 0 Å². The highest BCUT2D eigenvalue weighted by Crippen LogP contribution is 2.40. The van der Waals surface area contributed by atoms with Crippen LogP contribution in [-0.2, 0) is 0 Å². The molecule has 0 radical (unpaired) electrons. The Kier molecular flexibility index (Phi) is 4.01. The molecule has 1 unspecified atom stereocenters. The van der Waals surface area contributed by atoms with Crippen molar-refractivity contribution in [2.45, 2.75) is 31.2 Å². The summed E-state index contributed by atoms with van der Waals surface area (Å²) in [4.78, 5) is 4.03. The van der Waals surface area contributed by atoms with Crippen molar-refractivity contribution in [2.75, 3.05) is 0 Å². The first-order valence-electron chi connectivity index (χ1n) is 6.96. The summed E-state index contributed by atoms with van der Waals surface area (Å²) in [5.41, 5.74) is 6.60. The van der Waals surface area contributed by atoms with Gasteiger partial charge in [-0.1, -0.05) is 42.3 Å². The molecular formula is C16H18ClN3. The van der Waals surface area contributed by atoms with Gasteiger partial charge in [0.25, 0.3) is 0 Å². The van der Waals surface area contributed by atoms with Crippen molar-refractivity contribution < 1.29 is 0 Å². The molecule has 3 rings (SSSR count). The molecule has 1 heterocycles. The molecule has 1 aromatic heterocycles. The van der Waals surface area contributed by atoms with Crippen LogP contribution in [0.25, 0.3) is 0 Å². The summed E-state index contributed by atoms with van der Waals surface area (Å²) in [6.45, 7) is 0. The van der Waals surface area contributed by atoms with E-state index in [4.69, 9.17) is 17.4 Å². The van der Waals surface area contributed by atoms with Crippen LogP contribution in [-0.4, -0.2) is 4.98 Å². The number of nitrogens with zero attached hydrogens (tertiary/aromatic N) is 1. The molecule has 0 bridgehead atoms. The molecule has 1 fully saturated rings. The molecule has 1 saturated carbocycles. The van der Waals surface area contributed by atoms with Crippen LogP contribution in [0, 0.1) is 0 Å². The van der Waals surface area contributed by atoms with E-state index in [9.17, 15) is 0 Å². The maximum Gasteiger partial charge on any atom is 0.129 e. The first-order chi connectivity index (χ1) is 9.79. The van der Waals surface area contributed by atoms with Gasteiger partial charge in [0.2, 0.25) is 0 Å². The first-order valence-corrected chi connectivity index (χ1v) is 7.34. The Labute approximate surface area is 124 Å². The maximum absolute atomic E-state index is 5.99. The number of nitrogens with one attached hydrogen (secondary N) is 1. The zero-order valence-electron chi connectivity index (χ0n) is 11.2. The van der Waals surface area contributed by atoms with E-state index in [1.165, 1.54) is 30.4 Å². The summed E-state index contributed by atoms with van der Waals surface area (Å²) in [7, 11) is 0. The van der Waals surface area contributed by atoms with Gasteiger partial charge in [-0.25, -0.2) is 10.4 Å². The van der Waals surface area contributed by atoms with Crippen molar-refractivity contribution >= 4 is 11.6 Å². The number of hydrogen-bond acceptors (Lipinski definition) is 3. The minimum atomic E-state index is -0.0488. The molecule has 20 heavy (non-hydrogen) atoms. The van der Waals surface area contributed by atoms with Gasteiger partial charge in [-0.15, -0.1) is 0 Å². The minimum Gasteiger partial charge on any atom is -0.271 e. The molecule has 104 valence electrons. The van der Waals surface area contributed by atoms with Crippen LogP contribution in [0.2, 0.25) is 5.15 Å². The van der Waals surface area contributed by atoms with Crippen molar-refractivity contribution in [1.82, 2.24) is 10.4 Å². The third-order valence-electron chi connectivity index (χ3n) is 4.10. The lowest BCUT2D eigenvalue weighted by Gasteiger charge is -2.30. The average Bonchev–Trinajstić information content (AvgIpc) is 2.40. The topological polar surface area (TPSA) is 50.9 Å². The van der Waals surface area contributed by atoms with E-state index >= 15 is 0 Å². The third-order valence-corrected chi connectivity index (χ3v) is 4.31.